The van der Waals surface area contributed by atoms with Crippen molar-refractivity contribution in [1.82, 2.24) is 9.88 Å². The SMILES string of the molecule is CC[C@@H]1CN2CCc3c([nH]c4ccccc34)[C@@H]2C[C@@H]1/C(=C\OC)C(C)=O. The molecule has 2 aliphatic heterocycles. The maximum Gasteiger partial charge on any atom is 0.159 e. The second kappa shape index (κ2) is 6.92. The van der Waals surface area contributed by atoms with Crippen LogP contribution in [-0.4, -0.2) is 35.9 Å². The number of benzene rings is 1. The third-order valence-electron chi connectivity index (χ3n) is 6.36. The zero-order valence-corrected chi connectivity index (χ0v) is 15.9. The second-order valence-corrected chi connectivity index (χ2v) is 7.70. The predicted octanol–water partition coefficient (Wildman–Crippen LogP) is 4.23. The van der Waals surface area contributed by atoms with Gasteiger partial charge in [0.25, 0.3) is 0 Å². The van der Waals surface area contributed by atoms with Crippen LogP contribution in [0.15, 0.2) is 36.1 Å². The van der Waals surface area contributed by atoms with Gasteiger partial charge in [-0.15, -0.1) is 0 Å². The van der Waals surface area contributed by atoms with Crippen LogP contribution in [0.25, 0.3) is 10.9 Å². The fraction of sp³-hybridized carbons (Fsp3) is 0.500. The van der Waals surface area contributed by atoms with Crippen molar-refractivity contribution in [3.63, 3.8) is 0 Å². The number of rotatable bonds is 4. The molecule has 0 radical (unpaired) electrons. The number of aromatic amines is 1. The Hall–Kier alpha value is -2.07. The van der Waals surface area contributed by atoms with Crippen LogP contribution in [0.2, 0.25) is 0 Å². The van der Waals surface area contributed by atoms with Gasteiger partial charge in [0.15, 0.2) is 5.78 Å². The first kappa shape index (κ1) is 17.3. The number of allylic oxidation sites excluding steroid dienone is 1. The van der Waals surface area contributed by atoms with Crippen molar-refractivity contribution in [3.05, 3.63) is 47.4 Å². The van der Waals surface area contributed by atoms with Crippen LogP contribution < -0.4 is 0 Å². The zero-order chi connectivity index (χ0) is 18.3. The summed E-state index contributed by atoms with van der Waals surface area (Å²) in [5.74, 6) is 0.898. The van der Waals surface area contributed by atoms with Gasteiger partial charge in [0, 0.05) is 35.3 Å². The van der Waals surface area contributed by atoms with Gasteiger partial charge in [0.1, 0.15) is 0 Å². The number of hydrogen-bond donors (Lipinski definition) is 1. The molecule has 0 aliphatic carbocycles. The van der Waals surface area contributed by atoms with E-state index in [1.54, 1.807) is 20.3 Å². The number of piperidine rings is 1. The Balaban J connectivity index is 1.74. The summed E-state index contributed by atoms with van der Waals surface area (Å²) in [6.45, 7) is 6.06. The van der Waals surface area contributed by atoms with E-state index < -0.39 is 0 Å². The molecule has 4 rings (SSSR count). The molecule has 26 heavy (non-hydrogen) atoms. The van der Waals surface area contributed by atoms with Gasteiger partial charge in [0.05, 0.1) is 19.4 Å². The highest BCUT2D eigenvalue weighted by atomic mass is 16.5. The van der Waals surface area contributed by atoms with Crippen LogP contribution in [-0.2, 0) is 16.0 Å². The molecule has 1 aromatic carbocycles. The van der Waals surface area contributed by atoms with Gasteiger partial charge in [-0.2, -0.15) is 0 Å². The monoisotopic (exact) mass is 352 g/mol. The van der Waals surface area contributed by atoms with Crippen molar-refractivity contribution in [3.8, 4) is 0 Å². The van der Waals surface area contributed by atoms with Crippen molar-refractivity contribution in [1.29, 1.82) is 0 Å². The molecule has 0 amide bonds. The van der Waals surface area contributed by atoms with E-state index in [1.807, 2.05) is 0 Å². The molecule has 1 aromatic heterocycles. The summed E-state index contributed by atoms with van der Waals surface area (Å²) >= 11 is 0. The average molecular weight is 352 g/mol. The molecule has 1 N–H and O–H groups in total. The molecule has 1 fully saturated rings. The number of ketones is 1. The summed E-state index contributed by atoms with van der Waals surface area (Å²) in [7, 11) is 1.63. The topological polar surface area (TPSA) is 45.3 Å². The van der Waals surface area contributed by atoms with Crippen molar-refractivity contribution in [2.45, 2.75) is 39.2 Å². The van der Waals surface area contributed by atoms with Crippen LogP contribution in [0.4, 0.5) is 0 Å². The first-order valence-corrected chi connectivity index (χ1v) is 9.71. The fourth-order valence-corrected chi connectivity index (χ4v) is 5.07. The summed E-state index contributed by atoms with van der Waals surface area (Å²) in [5.41, 5.74) is 4.91. The third kappa shape index (κ3) is 2.77. The van der Waals surface area contributed by atoms with Crippen LogP contribution in [0.1, 0.15) is 44.0 Å². The number of methoxy groups -OCH3 is 1. The molecule has 2 aromatic rings. The van der Waals surface area contributed by atoms with Gasteiger partial charge in [-0.3, -0.25) is 9.69 Å². The van der Waals surface area contributed by atoms with Crippen molar-refractivity contribution < 1.29 is 9.53 Å². The highest BCUT2D eigenvalue weighted by molar-refractivity contribution is 5.93. The van der Waals surface area contributed by atoms with Gasteiger partial charge in [-0.25, -0.2) is 0 Å². The van der Waals surface area contributed by atoms with E-state index in [1.165, 1.54) is 22.2 Å². The smallest absolute Gasteiger partial charge is 0.159 e. The quantitative estimate of drug-likeness (QED) is 0.661. The van der Waals surface area contributed by atoms with Gasteiger partial charge < -0.3 is 9.72 Å². The maximum absolute atomic E-state index is 12.3. The van der Waals surface area contributed by atoms with Crippen molar-refractivity contribution >= 4 is 16.7 Å². The van der Waals surface area contributed by atoms with E-state index in [0.717, 1.165) is 37.9 Å². The number of Topliss-reactive ketones (excluding diaryl/α,β-unsaturated/α-hetero) is 1. The van der Waals surface area contributed by atoms with E-state index in [4.69, 9.17) is 4.74 Å². The molecule has 4 nitrogen and oxygen atoms in total. The molecule has 1 saturated heterocycles. The Morgan fingerprint density at radius 1 is 1.38 bits per heavy atom. The lowest BCUT2D eigenvalue weighted by molar-refractivity contribution is -0.114. The van der Waals surface area contributed by atoms with Crippen LogP contribution >= 0.6 is 0 Å². The van der Waals surface area contributed by atoms with Gasteiger partial charge >= 0.3 is 0 Å². The molecule has 2 aliphatic rings. The lowest BCUT2D eigenvalue weighted by Gasteiger charge is -2.46. The summed E-state index contributed by atoms with van der Waals surface area (Å²) in [6, 6.07) is 8.96. The number of nitrogens with one attached hydrogen (secondary N) is 1. The largest absolute Gasteiger partial charge is 0.504 e. The van der Waals surface area contributed by atoms with Crippen LogP contribution in [0.5, 0.6) is 0 Å². The van der Waals surface area contributed by atoms with Crippen LogP contribution in [0, 0.1) is 11.8 Å². The minimum atomic E-state index is 0.136. The highest BCUT2D eigenvalue weighted by Crippen LogP contribution is 2.45. The summed E-state index contributed by atoms with van der Waals surface area (Å²) < 4.78 is 5.26. The van der Waals surface area contributed by atoms with E-state index in [2.05, 4.69) is 41.1 Å². The molecule has 0 unspecified atom stereocenters. The minimum absolute atomic E-state index is 0.136. The Morgan fingerprint density at radius 2 is 2.19 bits per heavy atom. The van der Waals surface area contributed by atoms with Crippen molar-refractivity contribution in [2.75, 3.05) is 20.2 Å². The molecular formula is C22H28N2O2. The first-order chi connectivity index (χ1) is 12.6. The Labute approximate surface area is 155 Å². The number of carbonyl (C=O) groups is 1. The second-order valence-electron chi connectivity index (χ2n) is 7.70. The fourth-order valence-electron chi connectivity index (χ4n) is 5.07. The number of hydrogen-bond acceptors (Lipinski definition) is 3. The minimum Gasteiger partial charge on any atom is -0.504 e. The number of fused-ring (bicyclic) bond motifs is 5. The molecule has 3 heterocycles. The maximum atomic E-state index is 12.3. The van der Waals surface area contributed by atoms with Gasteiger partial charge in [-0.1, -0.05) is 31.5 Å². The molecule has 3 atom stereocenters. The Kier molecular flexibility index (Phi) is 4.62. The standard InChI is InChI=1S/C22H28N2O2/c1-4-15-12-24-10-9-17-16-7-5-6-8-20(16)23-22(17)21(24)11-18(15)19(13-26-3)14(2)25/h5-8,13,15,18,21,23H,4,9-12H2,1-3H3/b19-13-/t15-,18+,21+/m1/s1. The number of ether oxygens (including phenoxy) is 1. The normalized spacial score (nSPS) is 26.4. The molecule has 0 saturated carbocycles. The van der Waals surface area contributed by atoms with E-state index in [0.29, 0.717) is 12.0 Å². The van der Waals surface area contributed by atoms with E-state index >= 15 is 0 Å². The number of H-pyrrole nitrogens is 1. The Bertz CT molecular complexity index is 851. The zero-order valence-electron chi connectivity index (χ0n) is 15.9. The lowest BCUT2D eigenvalue weighted by atomic mass is 9.73. The summed E-state index contributed by atoms with van der Waals surface area (Å²) in [4.78, 5) is 18.6. The molecule has 0 spiro atoms. The number of nitrogens with zero attached hydrogens (tertiary/aromatic N) is 1. The lowest BCUT2D eigenvalue weighted by Crippen LogP contribution is -2.46. The van der Waals surface area contributed by atoms with E-state index in [-0.39, 0.29) is 11.7 Å². The van der Waals surface area contributed by atoms with Gasteiger partial charge in [0.2, 0.25) is 0 Å². The van der Waals surface area contributed by atoms with Crippen molar-refractivity contribution in [2.24, 2.45) is 11.8 Å². The highest BCUT2D eigenvalue weighted by Gasteiger charge is 2.41. The average Bonchev–Trinajstić information content (AvgIpc) is 3.04. The third-order valence-corrected chi connectivity index (χ3v) is 6.36. The Morgan fingerprint density at radius 3 is 2.92 bits per heavy atom. The molecule has 0 bridgehead atoms. The van der Waals surface area contributed by atoms with Gasteiger partial charge in [-0.05, 0) is 43.2 Å². The predicted molar refractivity (Wildman–Crippen MR) is 104 cm³/mol. The first-order valence-electron chi connectivity index (χ1n) is 9.71. The molecule has 4 heteroatoms. The number of para-hydroxylation sites is 1. The van der Waals surface area contributed by atoms with Crippen LogP contribution in [0.3, 0.4) is 0 Å². The van der Waals surface area contributed by atoms with E-state index in [9.17, 15) is 4.79 Å². The molecule has 138 valence electrons. The molecular weight excluding hydrogens is 324 g/mol. The number of aromatic nitrogens is 1. The summed E-state index contributed by atoms with van der Waals surface area (Å²) in [6.07, 6.45) is 4.85. The summed E-state index contributed by atoms with van der Waals surface area (Å²) in [5, 5.41) is 1.36. The number of carbonyl (C=O) groups excluding carboxylic acids is 1.